The highest BCUT2D eigenvalue weighted by Crippen LogP contribution is 2.11. The largest absolute Gasteiger partial charge is 0.370 e. The number of unbranched alkanes of at least 4 members (excludes halogenated alkanes) is 2. The molecule has 0 radical (unpaired) electrons. The fourth-order valence-corrected chi connectivity index (χ4v) is 2.00. The zero-order valence-electron chi connectivity index (χ0n) is 13.1. The number of anilines is 2. The number of carbonyl (C=O) groups excluding carboxylic acids is 1. The number of nitrogens with one attached hydrogen (secondary N) is 2. The summed E-state index contributed by atoms with van der Waals surface area (Å²) >= 11 is 0. The van der Waals surface area contributed by atoms with E-state index in [1.165, 1.54) is 19.2 Å². The molecule has 1 aromatic heterocycles. The van der Waals surface area contributed by atoms with Gasteiger partial charge in [0.05, 0.1) is 0 Å². The second kappa shape index (κ2) is 8.12. The predicted molar refractivity (Wildman–Crippen MR) is 89.2 cm³/mol. The van der Waals surface area contributed by atoms with E-state index in [1.54, 1.807) is 6.07 Å². The van der Waals surface area contributed by atoms with Crippen LogP contribution in [0.1, 0.15) is 42.2 Å². The lowest BCUT2D eigenvalue weighted by Gasteiger charge is -2.07. The molecular weight excluding hydrogens is 276 g/mol. The van der Waals surface area contributed by atoms with E-state index < -0.39 is 0 Å². The van der Waals surface area contributed by atoms with Gasteiger partial charge in [0.2, 0.25) is 0 Å². The van der Waals surface area contributed by atoms with Gasteiger partial charge in [0.15, 0.2) is 0 Å². The van der Waals surface area contributed by atoms with Crippen molar-refractivity contribution in [1.29, 1.82) is 0 Å². The van der Waals surface area contributed by atoms with Gasteiger partial charge in [0.25, 0.3) is 5.91 Å². The first-order chi connectivity index (χ1) is 10.7. The van der Waals surface area contributed by atoms with E-state index in [0.29, 0.717) is 11.5 Å². The number of nitrogens with zero attached hydrogens (tertiary/aromatic N) is 2. The van der Waals surface area contributed by atoms with Gasteiger partial charge in [-0.05, 0) is 25.5 Å². The molecule has 0 fully saturated rings. The van der Waals surface area contributed by atoms with Crippen LogP contribution in [-0.4, -0.2) is 22.4 Å². The van der Waals surface area contributed by atoms with Crippen molar-refractivity contribution in [3.63, 3.8) is 0 Å². The molecule has 2 rings (SSSR count). The van der Waals surface area contributed by atoms with Crippen molar-refractivity contribution >= 4 is 17.4 Å². The van der Waals surface area contributed by atoms with Crippen LogP contribution in [0, 0.1) is 6.92 Å². The molecule has 0 atom stereocenters. The zero-order valence-corrected chi connectivity index (χ0v) is 13.1. The van der Waals surface area contributed by atoms with Gasteiger partial charge >= 0.3 is 0 Å². The lowest BCUT2D eigenvalue weighted by atomic mass is 10.2. The Morgan fingerprint density at radius 2 is 1.91 bits per heavy atom. The third-order valence-electron chi connectivity index (χ3n) is 3.30. The van der Waals surface area contributed by atoms with E-state index in [-0.39, 0.29) is 5.91 Å². The summed E-state index contributed by atoms with van der Waals surface area (Å²) in [6.07, 6.45) is 4.85. The minimum absolute atomic E-state index is 0.233. The molecule has 1 aromatic carbocycles. The van der Waals surface area contributed by atoms with Gasteiger partial charge in [-0.3, -0.25) is 4.79 Å². The van der Waals surface area contributed by atoms with Crippen molar-refractivity contribution in [3.05, 3.63) is 47.9 Å². The average molecular weight is 298 g/mol. The minimum atomic E-state index is -0.233. The molecule has 5 nitrogen and oxygen atoms in total. The highest BCUT2D eigenvalue weighted by molar-refractivity contribution is 6.03. The minimum Gasteiger partial charge on any atom is -0.370 e. The van der Waals surface area contributed by atoms with Crippen LogP contribution < -0.4 is 10.6 Å². The standard InChI is InChI=1S/C17H22N4O/c1-3-4-5-10-18-16-11-15(19-12-20-16)17(22)21-14-8-6-13(2)7-9-14/h6-9,11-12H,3-5,10H2,1-2H3,(H,21,22)(H,18,19,20). The lowest BCUT2D eigenvalue weighted by molar-refractivity contribution is 0.102. The van der Waals surface area contributed by atoms with E-state index in [0.717, 1.165) is 24.2 Å². The molecule has 0 aliphatic rings. The third-order valence-corrected chi connectivity index (χ3v) is 3.30. The Morgan fingerprint density at radius 3 is 2.64 bits per heavy atom. The Bertz CT molecular complexity index is 610. The molecule has 2 N–H and O–H groups in total. The highest BCUT2D eigenvalue weighted by atomic mass is 16.1. The summed E-state index contributed by atoms with van der Waals surface area (Å²) in [5.74, 6) is 0.447. The molecule has 0 saturated carbocycles. The summed E-state index contributed by atoms with van der Waals surface area (Å²) in [6, 6.07) is 9.33. The van der Waals surface area contributed by atoms with Crippen molar-refractivity contribution in [2.75, 3.05) is 17.2 Å². The van der Waals surface area contributed by atoms with Gasteiger partial charge in [-0.25, -0.2) is 9.97 Å². The Kier molecular flexibility index (Phi) is 5.89. The summed E-state index contributed by atoms with van der Waals surface area (Å²) in [6.45, 7) is 5.02. The van der Waals surface area contributed by atoms with Crippen LogP contribution in [-0.2, 0) is 0 Å². The second-order valence-corrected chi connectivity index (χ2v) is 5.24. The molecule has 116 valence electrons. The van der Waals surface area contributed by atoms with Gasteiger partial charge in [0.1, 0.15) is 17.8 Å². The van der Waals surface area contributed by atoms with Gasteiger partial charge in [-0.1, -0.05) is 37.5 Å². The van der Waals surface area contributed by atoms with Crippen LogP contribution in [0.2, 0.25) is 0 Å². The van der Waals surface area contributed by atoms with Gasteiger partial charge < -0.3 is 10.6 Å². The Balaban J connectivity index is 1.96. The first-order valence-electron chi connectivity index (χ1n) is 7.63. The topological polar surface area (TPSA) is 66.9 Å². The van der Waals surface area contributed by atoms with E-state index in [4.69, 9.17) is 0 Å². The van der Waals surface area contributed by atoms with Crippen LogP contribution in [0.15, 0.2) is 36.7 Å². The third kappa shape index (κ3) is 4.84. The molecule has 0 unspecified atom stereocenters. The molecule has 0 saturated heterocycles. The summed E-state index contributed by atoms with van der Waals surface area (Å²) in [7, 11) is 0. The van der Waals surface area contributed by atoms with Crippen molar-refractivity contribution < 1.29 is 4.79 Å². The molecule has 22 heavy (non-hydrogen) atoms. The fourth-order valence-electron chi connectivity index (χ4n) is 2.00. The lowest BCUT2D eigenvalue weighted by Crippen LogP contribution is -2.15. The molecule has 5 heteroatoms. The van der Waals surface area contributed by atoms with E-state index in [1.807, 2.05) is 31.2 Å². The molecule has 1 amide bonds. The number of rotatable bonds is 7. The molecule has 1 heterocycles. The first kappa shape index (κ1) is 15.9. The Morgan fingerprint density at radius 1 is 1.14 bits per heavy atom. The number of amides is 1. The van der Waals surface area contributed by atoms with Crippen LogP contribution in [0.3, 0.4) is 0 Å². The van der Waals surface area contributed by atoms with E-state index >= 15 is 0 Å². The maximum atomic E-state index is 12.2. The van der Waals surface area contributed by atoms with Crippen molar-refractivity contribution in [3.8, 4) is 0 Å². The van der Waals surface area contributed by atoms with Crippen LogP contribution in [0.5, 0.6) is 0 Å². The number of aromatic nitrogens is 2. The van der Waals surface area contributed by atoms with E-state index in [9.17, 15) is 4.79 Å². The van der Waals surface area contributed by atoms with E-state index in [2.05, 4.69) is 27.5 Å². The quantitative estimate of drug-likeness (QED) is 0.766. The monoisotopic (exact) mass is 298 g/mol. The van der Waals surface area contributed by atoms with Crippen molar-refractivity contribution in [2.45, 2.75) is 33.1 Å². The molecule has 0 spiro atoms. The van der Waals surface area contributed by atoms with Crippen LogP contribution >= 0.6 is 0 Å². The molecule has 0 aliphatic heterocycles. The van der Waals surface area contributed by atoms with Gasteiger partial charge in [-0.2, -0.15) is 0 Å². The van der Waals surface area contributed by atoms with Crippen molar-refractivity contribution in [2.24, 2.45) is 0 Å². The van der Waals surface area contributed by atoms with Gasteiger partial charge in [0, 0.05) is 18.3 Å². The summed E-state index contributed by atoms with van der Waals surface area (Å²) in [4.78, 5) is 20.4. The summed E-state index contributed by atoms with van der Waals surface area (Å²) in [5, 5.41) is 6.05. The number of hydrogen-bond acceptors (Lipinski definition) is 4. The maximum Gasteiger partial charge on any atom is 0.274 e. The summed E-state index contributed by atoms with van der Waals surface area (Å²) in [5.41, 5.74) is 2.26. The second-order valence-electron chi connectivity index (χ2n) is 5.24. The zero-order chi connectivity index (χ0) is 15.8. The Hall–Kier alpha value is -2.43. The van der Waals surface area contributed by atoms with Crippen LogP contribution in [0.4, 0.5) is 11.5 Å². The average Bonchev–Trinajstić information content (AvgIpc) is 2.54. The smallest absolute Gasteiger partial charge is 0.274 e. The van der Waals surface area contributed by atoms with Crippen molar-refractivity contribution in [1.82, 2.24) is 9.97 Å². The van der Waals surface area contributed by atoms with Crippen LogP contribution in [0.25, 0.3) is 0 Å². The number of hydrogen-bond donors (Lipinski definition) is 2. The molecule has 0 bridgehead atoms. The fraction of sp³-hybridized carbons (Fsp3) is 0.353. The SMILES string of the molecule is CCCCCNc1cc(C(=O)Nc2ccc(C)cc2)ncn1. The normalized spacial score (nSPS) is 10.3. The maximum absolute atomic E-state index is 12.2. The van der Waals surface area contributed by atoms with Gasteiger partial charge in [-0.15, -0.1) is 0 Å². The number of aryl methyl sites for hydroxylation is 1. The molecule has 2 aromatic rings. The predicted octanol–water partition coefficient (Wildman–Crippen LogP) is 3.64. The summed E-state index contributed by atoms with van der Waals surface area (Å²) < 4.78 is 0. The Labute approximate surface area is 131 Å². The molecular formula is C17H22N4O. The first-order valence-corrected chi connectivity index (χ1v) is 7.63. The highest BCUT2D eigenvalue weighted by Gasteiger charge is 2.09. The number of carbonyl (C=O) groups is 1. The molecule has 0 aliphatic carbocycles. The number of benzene rings is 1.